The molecule has 0 aromatic heterocycles. The first-order valence-electron chi connectivity index (χ1n) is 8.55. The van der Waals surface area contributed by atoms with E-state index in [0.717, 1.165) is 5.56 Å². The minimum absolute atomic E-state index is 0.00316. The van der Waals surface area contributed by atoms with Crippen molar-refractivity contribution in [2.45, 2.75) is 31.8 Å². The monoisotopic (exact) mass is 366 g/mol. The first kappa shape index (κ1) is 18.0. The molecule has 3 rings (SSSR count). The van der Waals surface area contributed by atoms with Gasteiger partial charge in [-0.3, -0.25) is 9.59 Å². The van der Waals surface area contributed by atoms with Crippen molar-refractivity contribution in [1.82, 2.24) is 10.2 Å². The van der Waals surface area contributed by atoms with Crippen molar-refractivity contribution < 1.29 is 19.1 Å². The number of aryl methyl sites for hydroxylation is 1. The first-order valence-corrected chi connectivity index (χ1v) is 8.93. The Morgan fingerprint density at radius 1 is 1.40 bits per heavy atom. The van der Waals surface area contributed by atoms with Gasteiger partial charge in [0.25, 0.3) is 5.91 Å². The summed E-state index contributed by atoms with van der Waals surface area (Å²) in [5.41, 5.74) is 0.473. The lowest BCUT2D eigenvalue weighted by Gasteiger charge is -2.40. The molecule has 0 saturated carbocycles. The maximum absolute atomic E-state index is 12.4. The zero-order chi connectivity index (χ0) is 17.9. The van der Waals surface area contributed by atoms with E-state index in [1.54, 1.807) is 23.1 Å². The Labute approximate surface area is 152 Å². The molecule has 2 fully saturated rings. The molecule has 0 atom stereocenters. The van der Waals surface area contributed by atoms with Crippen LogP contribution in [-0.4, -0.2) is 55.2 Å². The Morgan fingerprint density at radius 3 is 2.88 bits per heavy atom. The lowest BCUT2D eigenvalue weighted by atomic mass is 9.87. The Bertz CT molecular complexity index is 656. The Balaban J connectivity index is 1.52. The second kappa shape index (κ2) is 7.62. The Kier molecular flexibility index (Phi) is 5.49. The van der Waals surface area contributed by atoms with E-state index in [-0.39, 0.29) is 18.4 Å². The number of carbonyl (C=O) groups excluding carboxylic acids is 2. The van der Waals surface area contributed by atoms with E-state index in [4.69, 9.17) is 21.1 Å². The topological polar surface area (TPSA) is 67.9 Å². The number of hydrogen-bond donors (Lipinski definition) is 1. The van der Waals surface area contributed by atoms with E-state index in [9.17, 15) is 9.59 Å². The third-order valence-corrected chi connectivity index (χ3v) is 5.07. The summed E-state index contributed by atoms with van der Waals surface area (Å²) >= 11 is 5.92. The Hall–Kier alpha value is -1.79. The first-order chi connectivity index (χ1) is 12.0. The lowest BCUT2D eigenvalue weighted by Crippen LogP contribution is -2.49. The van der Waals surface area contributed by atoms with Crippen LogP contribution >= 0.6 is 11.6 Å². The quantitative estimate of drug-likeness (QED) is 0.887. The maximum atomic E-state index is 12.4. The largest absolute Gasteiger partial charge is 0.483 e. The van der Waals surface area contributed by atoms with Crippen LogP contribution in [0.2, 0.25) is 5.02 Å². The normalized spacial score (nSPS) is 20.1. The fourth-order valence-corrected chi connectivity index (χ4v) is 3.58. The number of ether oxygens (including phenoxy) is 2. The minimum Gasteiger partial charge on any atom is -0.483 e. The summed E-state index contributed by atoms with van der Waals surface area (Å²) in [6, 6.07) is 5.32. The van der Waals surface area contributed by atoms with Gasteiger partial charge in [-0.15, -0.1) is 0 Å². The van der Waals surface area contributed by atoms with E-state index >= 15 is 0 Å². The zero-order valence-electron chi connectivity index (χ0n) is 14.3. The molecule has 2 heterocycles. The van der Waals surface area contributed by atoms with Crippen LogP contribution in [-0.2, 0) is 14.3 Å². The average molecular weight is 367 g/mol. The molecule has 2 aliphatic heterocycles. The second-order valence-corrected chi connectivity index (χ2v) is 7.07. The van der Waals surface area contributed by atoms with Crippen LogP contribution in [0, 0.1) is 6.92 Å². The molecule has 1 aromatic carbocycles. The number of piperidine rings is 1. The highest BCUT2D eigenvalue weighted by atomic mass is 35.5. The van der Waals surface area contributed by atoms with Gasteiger partial charge in [-0.2, -0.15) is 0 Å². The molecule has 0 radical (unpaired) electrons. The lowest BCUT2D eigenvalue weighted by molar-refractivity contribution is -0.141. The highest BCUT2D eigenvalue weighted by Crippen LogP contribution is 2.31. The second-order valence-electron chi connectivity index (χ2n) is 6.64. The van der Waals surface area contributed by atoms with Gasteiger partial charge in [0, 0.05) is 24.7 Å². The molecule has 1 spiro atoms. The summed E-state index contributed by atoms with van der Waals surface area (Å²) in [5.74, 6) is 0.635. The number of amides is 2. The number of rotatable bonds is 3. The van der Waals surface area contributed by atoms with Gasteiger partial charge in [0.1, 0.15) is 5.75 Å². The van der Waals surface area contributed by atoms with Crippen molar-refractivity contribution in [3.8, 4) is 5.75 Å². The molecule has 2 saturated heterocycles. The van der Waals surface area contributed by atoms with E-state index in [1.165, 1.54) is 0 Å². The maximum Gasteiger partial charge on any atom is 0.260 e. The zero-order valence-corrected chi connectivity index (χ0v) is 15.1. The molecule has 136 valence electrons. The van der Waals surface area contributed by atoms with Crippen molar-refractivity contribution >= 4 is 23.4 Å². The number of benzene rings is 1. The summed E-state index contributed by atoms with van der Waals surface area (Å²) in [5, 5.41) is 3.47. The number of halogens is 1. The number of likely N-dealkylation sites (tertiary alicyclic amines) is 1. The fraction of sp³-hybridized carbons (Fsp3) is 0.556. The van der Waals surface area contributed by atoms with Crippen LogP contribution in [0.1, 0.15) is 24.8 Å². The third-order valence-electron chi connectivity index (χ3n) is 4.83. The van der Waals surface area contributed by atoms with Gasteiger partial charge in [-0.25, -0.2) is 0 Å². The van der Waals surface area contributed by atoms with E-state index in [0.29, 0.717) is 56.3 Å². The SMILES string of the molecule is Cc1cc(Cl)ccc1OCC(=O)N1CCC2(CC1)CC(=O)NCCO2. The average Bonchev–Trinajstić information content (AvgIpc) is 2.76. The van der Waals surface area contributed by atoms with Gasteiger partial charge >= 0.3 is 0 Å². The van der Waals surface area contributed by atoms with Crippen LogP contribution in [0.15, 0.2) is 18.2 Å². The van der Waals surface area contributed by atoms with Gasteiger partial charge in [0.15, 0.2) is 6.61 Å². The van der Waals surface area contributed by atoms with Crippen LogP contribution < -0.4 is 10.1 Å². The highest BCUT2D eigenvalue weighted by Gasteiger charge is 2.39. The molecule has 0 unspecified atom stereocenters. The number of carbonyl (C=O) groups is 2. The third kappa shape index (κ3) is 4.44. The number of hydrogen-bond acceptors (Lipinski definition) is 4. The molecular weight excluding hydrogens is 344 g/mol. The van der Waals surface area contributed by atoms with Crippen LogP contribution in [0.4, 0.5) is 0 Å². The summed E-state index contributed by atoms with van der Waals surface area (Å²) in [4.78, 5) is 26.0. The molecule has 0 bridgehead atoms. The molecule has 6 nitrogen and oxygen atoms in total. The van der Waals surface area contributed by atoms with Gasteiger partial charge in [-0.1, -0.05) is 11.6 Å². The van der Waals surface area contributed by atoms with Crippen LogP contribution in [0.5, 0.6) is 5.75 Å². The highest BCUT2D eigenvalue weighted by molar-refractivity contribution is 6.30. The summed E-state index contributed by atoms with van der Waals surface area (Å²) in [7, 11) is 0. The molecule has 1 aromatic rings. The predicted molar refractivity (Wildman–Crippen MR) is 93.8 cm³/mol. The molecular formula is C18H23ClN2O4. The Morgan fingerprint density at radius 2 is 2.16 bits per heavy atom. The van der Waals surface area contributed by atoms with Crippen molar-refractivity contribution in [2.75, 3.05) is 32.8 Å². The van der Waals surface area contributed by atoms with Crippen molar-refractivity contribution in [1.29, 1.82) is 0 Å². The van der Waals surface area contributed by atoms with Gasteiger partial charge < -0.3 is 19.7 Å². The van der Waals surface area contributed by atoms with Gasteiger partial charge in [0.2, 0.25) is 5.91 Å². The van der Waals surface area contributed by atoms with Crippen LogP contribution in [0.3, 0.4) is 0 Å². The molecule has 7 heteroatoms. The molecule has 2 amide bonds. The standard InChI is InChI=1S/C18H23ClN2O4/c1-13-10-14(19)2-3-15(13)24-12-17(23)21-7-4-18(5-8-21)11-16(22)20-6-9-25-18/h2-3,10H,4-9,11-12H2,1H3,(H,20,22). The van der Waals surface area contributed by atoms with Crippen molar-refractivity contribution in [3.63, 3.8) is 0 Å². The smallest absolute Gasteiger partial charge is 0.260 e. The van der Waals surface area contributed by atoms with E-state index in [1.807, 2.05) is 6.92 Å². The number of nitrogens with zero attached hydrogens (tertiary/aromatic N) is 1. The van der Waals surface area contributed by atoms with E-state index in [2.05, 4.69) is 5.32 Å². The summed E-state index contributed by atoms with van der Waals surface area (Å²) < 4.78 is 11.6. The van der Waals surface area contributed by atoms with Gasteiger partial charge in [0.05, 0.1) is 18.6 Å². The fourth-order valence-electron chi connectivity index (χ4n) is 3.35. The number of nitrogens with one attached hydrogen (secondary N) is 1. The van der Waals surface area contributed by atoms with Gasteiger partial charge in [-0.05, 0) is 43.5 Å². The van der Waals surface area contributed by atoms with Crippen molar-refractivity contribution in [3.05, 3.63) is 28.8 Å². The molecule has 25 heavy (non-hydrogen) atoms. The minimum atomic E-state index is -0.426. The van der Waals surface area contributed by atoms with Crippen LogP contribution in [0.25, 0.3) is 0 Å². The van der Waals surface area contributed by atoms with Crippen molar-refractivity contribution in [2.24, 2.45) is 0 Å². The summed E-state index contributed by atoms with van der Waals surface area (Å²) in [6.07, 6.45) is 1.72. The summed E-state index contributed by atoms with van der Waals surface area (Å²) in [6.45, 7) is 4.13. The molecule has 1 N–H and O–H groups in total. The van der Waals surface area contributed by atoms with E-state index < -0.39 is 5.60 Å². The molecule has 2 aliphatic rings. The predicted octanol–water partition coefficient (Wildman–Crippen LogP) is 1.92. The molecule has 0 aliphatic carbocycles.